The average molecular weight is 311 g/mol. The molecule has 2 rings (SSSR count). The van der Waals surface area contributed by atoms with E-state index in [1.54, 1.807) is 18.2 Å². The van der Waals surface area contributed by atoms with E-state index in [-0.39, 0.29) is 12.1 Å². The molecule has 0 spiro atoms. The lowest BCUT2D eigenvalue weighted by molar-refractivity contribution is -0.0444. The summed E-state index contributed by atoms with van der Waals surface area (Å²) < 4.78 is 10.2. The van der Waals surface area contributed by atoms with E-state index in [0.29, 0.717) is 23.7 Å². The number of hydrogen-bond acceptors (Lipinski definition) is 5. The predicted molar refractivity (Wildman–Crippen MR) is 84.3 cm³/mol. The number of halogens is 1. The predicted octanol–water partition coefficient (Wildman–Crippen LogP) is 2.64. The maximum Gasteiger partial charge on any atom is 0.337 e. The van der Waals surface area contributed by atoms with Crippen LogP contribution < -0.4 is 4.90 Å². The lowest BCUT2D eigenvalue weighted by Crippen LogP contribution is -2.41. The Morgan fingerprint density at radius 1 is 1.62 bits per heavy atom. The minimum atomic E-state index is -0.377. The molecular weight excluding hydrogens is 292 g/mol. The van der Waals surface area contributed by atoms with Gasteiger partial charge in [-0.2, -0.15) is 0 Å². The molecule has 1 aromatic rings. The first kappa shape index (κ1) is 15.8. The van der Waals surface area contributed by atoms with Gasteiger partial charge in [0.15, 0.2) is 0 Å². The van der Waals surface area contributed by atoms with Crippen molar-refractivity contribution in [3.63, 3.8) is 0 Å². The molecule has 0 N–H and O–H groups in total. The number of esters is 1. The molecule has 1 atom stereocenters. The minimum Gasteiger partial charge on any atom is -0.465 e. The molecule has 6 heteroatoms. The molecule has 1 aromatic carbocycles. The summed E-state index contributed by atoms with van der Waals surface area (Å²) in [6.45, 7) is 5.75. The lowest BCUT2D eigenvalue weighted by atomic mass is 10.1. The second-order valence-electron chi connectivity index (χ2n) is 4.77. The highest BCUT2D eigenvalue weighted by Gasteiger charge is 2.23. The molecule has 1 aliphatic rings. The van der Waals surface area contributed by atoms with E-state index in [1.807, 2.05) is 0 Å². The average Bonchev–Trinajstić information content (AvgIpc) is 2.48. The highest BCUT2D eigenvalue weighted by Crippen LogP contribution is 2.31. The summed E-state index contributed by atoms with van der Waals surface area (Å²) in [6.07, 6.45) is 1.24. The number of carbonyl (C=O) groups is 1. The third kappa shape index (κ3) is 3.74. The first-order valence-corrected chi connectivity index (χ1v) is 7.34. The van der Waals surface area contributed by atoms with Crippen molar-refractivity contribution < 1.29 is 14.3 Å². The van der Waals surface area contributed by atoms with E-state index < -0.39 is 0 Å². The van der Waals surface area contributed by atoms with E-state index >= 15 is 0 Å². The Balaban J connectivity index is 2.30. The lowest BCUT2D eigenvalue weighted by Gasteiger charge is -2.34. The van der Waals surface area contributed by atoms with Gasteiger partial charge in [-0.1, -0.05) is 0 Å². The zero-order valence-electron chi connectivity index (χ0n) is 12.0. The number of carbonyl (C=O) groups excluding carboxylic acids is 1. The van der Waals surface area contributed by atoms with E-state index in [9.17, 15) is 4.79 Å². The Kier molecular flexibility index (Phi) is 5.59. The number of nitrogens with zero attached hydrogens (tertiary/aromatic N) is 2. The molecule has 0 amide bonds. The summed E-state index contributed by atoms with van der Waals surface area (Å²) in [5.41, 5.74) is 2.02. The van der Waals surface area contributed by atoms with Crippen molar-refractivity contribution in [2.45, 2.75) is 12.5 Å². The van der Waals surface area contributed by atoms with Gasteiger partial charge >= 0.3 is 5.97 Å². The Bertz CT molecular complexity index is 518. The normalized spacial score (nSPS) is 17.0. The van der Waals surface area contributed by atoms with Crippen LogP contribution in [0.3, 0.4) is 0 Å². The molecule has 0 aliphatic carbocycles. The third-order valence-electron chi connectivity index (χ3n) is 3.48. The van der Waals surface area contributed by atoms with Crippen molar-refractivity contribution in [3.8, 4) is 0 Å². The number of aliphatic imine (C=N–C) groups is 1. The van der Waals surface area contributed by atoms with Crippen LogP contribution in [-0.4, -0.2) is 51.5 Å². The van der Waals surface area contributed by atoms with Crippen LogP contribution >= 0.6 is 11.6 Å². The molecule has 1 fully saturated rings. The van der Waals surface area contributed by atoms with Crippen LogP contribution in [0, 0.1) is 0 Å². The van der Waals surface area contributed by atoms with Crippen LogP contribution in [0.5, 0.6) is 0 Å². The number of benzene rings is 1. The fourth-order valence-electron chi connectivity index (χ4n) is 2.24. The van der Waals surface area contributed by atoms with Crippen molar-refractivity contribution in [3.05, 3.63) is 23.8 Å². The van der Waals surface area contributed by atoms with Gasteiger partial charge in [0.05, 0.1) is 30.2 Å². The van der Waals surface area contributed by atoms with Crippen molar-refractivity contribution in [2.24, 2.45) is 4.99 Å². The SMILES string of the molecule is C=Nc1ccc(C(=O)OC)cc1N(CCCl)CC1CCO1. The quantitative estimate of drug-likeness (QED) is 0.441. The van der Waals surface area contributed by atoms with Crippen molar-refractivity contribution in [1.29, 1.82) is 0 Å². The largest absolute Gasteiger partial charge is 0.465 e. The summed E-state index contributed by atoms with van der Waals surface area (Å²) in [5, 5.41) is 0. The fraction of sp³-hybridized carbons (Fsp3) is 0.467. The van der Waals surface area contributed by atoms with Crippen molar-refractivity contribution in [2.75, 3.05) is 37.6 Å². The van der Waals surface area contributed by atoms with E-state index in [0.717, 1.165) is 25.3 Å². The van der Waals surface area contributed by atoms with Gasteiger partial charge in [-0.05, 0) is 31.3 Å². The molecule has 0 bridgehead atoms. The zero-order valence-corrected chi connectivity index (χ0v) is 12.8. The van der Waals surface area contributed by atoms with Crippen LogP contribution in [0.1, 0.15) is 16.8 Å². The van der Waals surface area contributed by atoms with Gasteiger partial charge in [0, 0.05) is 25.6 Å². The van der Waals surface area contributed by atoms with Crippen LogP contribution in [0.4, 0.5) is 11.4 Å². The van der Waals surface area contributed by atoms with E-state index in [2.05, 4.69) is 16.6 Å². The zero-order chi connectivity index (χ0) is 15.2. The molecule has 0 aromatic heterocycles. The van der Waals surface area contributed by atoms with Crippen LogP contribution in [0.2, 0.25) is 0 Å². The Labute approximate surface area is 129 Å². The Morgan fingerprint density at radius 3 is 2.90 bits per heavy atom. The second-order valence-corrected chi connectivity index (χ2v) is 5.15. The summed E-state index contributed by atoms with van der Waals surface area (Å²) >= 11 is 5.90. The molecule has 5 nitrogen and oxygen atoms in total. The molecule has 21 heavy (non-hydrogen) atoms. The standard InChI is InChI=1S/C15H19ClN2O3/c1-17-13-4-3-11(15(19)20-2)9-14(13)18(7-6-16)10-12-5-8-21-12/h3-4,9,12H,1,5-8,10H2,2H3. The summed E-state index contributed by atoms with van der Waals surface area (Å²) in [4.78, 5) is 17.8. The van der Waals surface area contributed by atoms with Crippen molar-refractivity contribution >= 4 is 35.7 Å². The molecule has 114 valence electrons. The molecule has 1 heterocycles. The summed E-state index contributed by atoms with van der Waals surface area (Å²) in [7, 11) is 1.36. The number of methoxy groups -OCH3 is 1. The number of hydrogen-bond donors (Lipinski definition) is 0. The first-order chi connectivity index (χ1) is 10.2. The van der Waals surface area contributed by atoms with Gasteiger partial charge in [0.2, 0.25) is 0 Å². The van der Waals surface area contributed by atoms with E-state index in [1.165, 1.54) is 7.11 Å². The Morgan fingerprint density at radius 2 is 2.38 bits per heavy atom. The van der Waals surface area contributed by atoms with Crippen LogP contribution in [-0.2, 0) is 9.47 Å². The van der Waals surface area contributed by atoms with Crippen LogP contribution in [0.25, 0.3) is 0 Å². The van der Waals surface area contributed by atoms with Gasteiger partial charge in [0.25, 0.3) is 0 Å². The maximum atomic E-state index is 11.7. The number of ether oxygens (including phenoxy) is 2. The van der Waals surface area contributed by atoms with Gasteiger partial charge in [-0.15, -0.1) is 11.6 Å². The summed E-state index contributed by atoms with van der Waals surface area (Å²) in [5.74, 6) is 0.101. The second kappa shape index (κ2) is 7.43. The molecule has 0 radical (unpaired) electrons. The molecule has 1 saturated heterocycles. The fourth-order valence-corrected chi connectivity index (χ4v) is 2.45. The van der Waals surface area contributed by atoms with Crippen molar-refractivity contribution in [1.82, 2.24) is 0 Å². The highest BCUT2D eigenvalue weighted by molar-refractivity contribution is 6.18. The topological polar surface area (TPSA) is 51.1 Å². The monoisotopic (exact) mass is 310 g/mol. The van der Waals surface area contributed by atoms with Gasteiger partial charge in [-0.25, -0.2) is 4.79 Å². The highest BCUT2D eigenvalue weighted by atomic mass is 35.5. The molecular formula is C15H19ClN2O3. The molecule has 1 unspecified atom stereocenters. The van der Waals surface area contributed by atoms with Crippen LogP contribution in [0.15, 0.2) is 23.2 Å². The number of rotatable bonds is 7. The summed E-state index contributed by atoms with van der Waals surface area (Å²) in [6, 6.07) is 5.20. The number of alkyl halides is 1. The third-order valence-corrected chi connectivity index (χ3v) is 3.65. The minimum absolute atomic E-state index is 0.202. The molecule has 0 saturated carbocycles. The van der Waals surface area contributed by atoms with Gasteiger partial charge < -0.3 is 14.4 Å². The first-order valence-electron chi connectivity index (χ1n) is 6.81. The molecule has 1 aliphatic heterocycles. The Hall–Kier alpha value is -1.59. The maximum absolute atomic E-state index is 11.7. The van der Waals surface area contributed by atoms with E-state index in [4.69, 9.17) is 21.1 Å². The van der Waals surface area contributed by atoms with Gasteiger partial charge in [-0.3, -0.25) is 4.99 Å². The number of anilines is 1. The van der Waals surface area contributed by atoms with Gasteiger partial charge in [0.1, 0.15) is 0 Å². The smallest absolute Gasteiger partial charge is 0.337 e.